The Labute approximate surface area is 226 Å². The fourth-order valence-corrected chi connectivity index (χ4v) is 6.43. The van der Waals surface area contributed by atoms with Crippen LogP contribution in [-0.2, 0) is 17.6 Å². The Balaban J connectivity index is 1.53. The number of fused-ring (bicyclic) bond motifs is 1. The maximum Gasteiger partial charge on any atom is 0.266 e. The zero-order valence-corrected chi connectivity index (χ0v) is 22.2. The highest BCUT2D eigenvalue weighted by molar-refractivity contribution is 7.15. The SMILES string of the molecule is Cc1cc(/C=C(/C#N)C(=O)Nc2ccccc2)c(C)n1-c1sc2c(c1C(=O)Nc1ccccc1)CCCC2. The van der Waals surface area contributed by atoms with Gasteiger partial charge in [0.2, 0.25) is 0 Å². The van der Waals surface area contributed by atoms with E-state index in [-0.39, 0.29) is 11.5 Å². The number of thiophene rings is 1. The molecular formula is C31H28N4O2S. The highest BCUT2D eigenvalue weighted by atomic mass is 32.1. The molecule has 0 saturated carbocycles. The summed E-state index contributed by atoms with van der Waals surface area (Å²) in [7, 11) is 0. The fraction of sp³-hybridized carbons (Fsp3) is 0.194. The van der Waals surface area contributed by atoms with Crippen molar-refractivity contribution in [3.05, 3.63) is 105 Å². The standard InChI is InChI=1S/C31H28N4O2S/c1-20-17-22(18-23(19-32)29(36)33-24-11-5-3-6-12-24)21(2)35(20)31-28(26-15-9-10-16-27(26)38-31)30(37)34-25-13-7-4-8-14-25/h3-8,11-14,17-18H,9-10,15-16H2,1-2H3,(H,33,36)(H,34,37)/b23-18-. The van der Waals surface area contributed by atoms with Gasteiger partial charge in [-0.05, 0) is 87.1 Å². The van der Waals surface area contributed by atoms with E-state index in [1.807, 2.05) is 74.5 Å². The van der Waals surface area contributed by atoms with Crippen LogP contribution < -0.4 is 10.6 Å². The summed E-state index contributed by atoms with van der Waals surface area (Å²) in [5.74, 6) is -0.576. The molecule has 1 aliphatic carbocycles. The van der Waals surface area contributed by atoms with E-state index in [1.54, 1.807) is 29.5 Å². The molecule has 5 rings (SSSR count). The van der Waals surface area contributed by atoms with Crippen LogP contribution in [0.15, 0.2) is 72.3 Å². The van der Waals surface area contributed by atoms with E-state index in [0.29, 0.717) is 11.3 Å². The molecule has 190 valence electrons. The fourth-order valence-electron chi connectivity index (χ4n) is 4.93. The average Bonchev–Trinajstić information content (AvgIpc) is 3.44. The predicted octanol–water partition coefficient (Wildman–Crippen LogP) is 6.83. The van der Waals surface area contributed by atoms with Crippen molar-refractivity contribution in [3.63, 3.8) is 0 Å². The molecule has 0 spiro atoms. The monoisotopic (exact) mass is 520 g/mol. The van der Waals surface area contributed by atoms with Crippen molar-refractivity contribution in [1.82, 2.24) is 4.57 Å². The number of hydrogen-bond donors (Lipinski definition) is 2. The number of amides is 2. The Bertz CT molecular complexity index is 1570. The third kappa shape index (κ3) is 5.04. The molecule has 2 aromatic heterocycles. The number of benzene rings is 2. The number of nitrogens with zero attached hydrogens (tertiary/aromatic N) is 2. The Morgan fingerprint density at radius 1 is 0.947 bits per heavy atom. The predicted molar refractivity (Wildman–Crippen MR) is 153 cm³/mol. The molecule has 0 fully saturated rings. The summed E-state index contributed by atoms with van der Waals surface area (Å²) in [4.78, 5) is 27.7. The molecule has 2 heterocycles. The van der Waals surface area contributed by atoms with Crippen LogP contribution in [0, 0.1) is 25.2 Å². The normalized spacial score (nSPS) is 12.9. The first-order chi connectivity index (χ1) is 18.5. The molecule has 0 atom stereocenters. The number of anilines is 2. The summed E-state index contributed by atoms with van der Waals surface area (Å²) < 4.78 is 2.08. The van der Waals surface area contributed by atoms with E-state index in [0.717, 1.165) is 58.9 Å². The van der Waals surface area contributed by atoms with E-state index in [4.69, 9.17) is 0 Å². The number of hydrogen-bond acceptors (Lipinski definition) is 4. The number of para-hydroxylation sites is 2. The molecule has 0 aliphatic heterocycles. The topological polar surface area (TPSA) is 86.9 Å². The number of rotatable bonds is 6. The quantitative estimate of drug-likeness (QED) is 0.216. The second kappa shape index (κ2) is 10.9. The molecule has 0 bridgehead atoms. The van der Waals surface area contributed by atoms with Gasteiger partial charge in [-0.2, -0.15) is 5.26 Å². The van der Waals surface area contributed by atoms with Crippen LogP contribution >= 0.6 is 11.3 Å². The summed E-state index contributed by atoms with van der Waals surface area (Å²) in [5, 5.41) is 16.5. The molecule has 4 aromatic rings. The molecule has 7 heteroatoms. The van der Waals surface area contributed by atoms with Crippen molar-refractivity contribution >= 4 is 40.6 Å². The molecule has 2 N–H and O–H groups in total. The lowest BCUT2D eigenvalue weighted by molar-refractivity contribution is -0.112. The second-order valence-electron chi connectivity index (χ2n) is 9.36. The van der Waals surface area contributed by atoms with Crippen LogP contribution in [0.2, 0.25) is 0 Å². The Hall–Kier alpha value is -4.41. The highest BCUT2D eigenvalue weighted by Crippen LogP contribution is 2.39. The number of aromatic nitrogens is 1. The minimum atomic E-state index is -0.460. The molecule has 2 amide bonds. The van der Waals surface area contributed by atoms with Crippen molar-refractivity contribution < 1.29 is 9.59 Å². The summed E-state index contributed by atoms with van der Waals surface area (Å²) in [6, 6.07) is 22.6. The average molecular weight is 521 g/mol. The zero-order valence-electron chi connectivity index (χ0n) is 21.4. The van der Waals surface area contributed by atoms with E-state index >= 15 is 0 Å². The van der Waals surface area contributed by atoms with E-state index < -0.39 is 5.91 Å². The van der Waals surface area contributed by atoms with Crippen molar-refractivity contribution in [2.24, 2.45) is 0 Å². The Morgan fingerprint density at radius 2 is 1.58 bits per heavy atom. The minimum absolute atomic E-state index is 0.0154. The molecule has 0 unspecified atom stereocenters. The molecular weight excluding hydrogens is 492 g/mol. The van der Waals surface area contributed by atoms with Crippen LogP contribution in [0.5, 0.6) is 0 Å². The third-order valence-electron chi connectivity index (χ3n) is 6.78. The maximum atomic E-state index is 13.6. The number of nitriles is 1. The first kappa shape index (κ1) is 25.2. The number of carbonyl (C=O) groups is 2. The smallest absolute Gasteiger partial charge is 0.266 e. The summed E-state index contributed by atoms with van der Waals surface area (Å²) in [6.45, 7) is 3.94. The molecule has 0 saturated heterocycles. The van der Waals surface area contributed by atoms with Crippen LogP contribution in [-0.4, -0.2) is 16.4 Å². The molecule has 1 aliphatic rings. The lowest BCUT2D eigenvalue weighted by Gasteiger charge is -2.14. The summed E-state index contributed by atoms with van der Waals surface area (Å²) in [5.41, 5.74) is 5.82. The highest BCUT2D eigenvalue weighted by Gasteiger charge is 2.28. The largest absolute Gasteiger partial charge is 0.322 e. The molecule has 38 heavy (non-hydrogen) atoms. The number of carbonyl (C=O) groups excluding carboxylic acids is 2. The van der Waals surface area contributed by atoms with Gasteiger partial charge in [-0.25, -0.2) is 0 Å². The van der Waals surface area contributed by atoms with Crippen molar-refractivity contribution in [3.8, 4) is 11.1 Å². The zero-order chi connectivity index (χ0) is 26.6. The first-order valence-corrected chi connectivity index (χ1v) is 13.5. The van der Waals surface area contributed by atoms with Crippen LogP contribution in [0.4, 0.5) is 11.4 Å². The lowest BCUT2D eigenvalue weighted by Crippen LogP contribution is -2.17. The van der Waals surface area contributed by atoms with Gasteiger partial charge in [-0.15, -0.1) is 11.3 Å². The van der Waals surface area contributed by atoms with Gasteiger partial charge in [0.1, 0.15) is 16.6 Å². The van der Waals surface area contributed by atoms with Gasteiger partial charge in [0.25, 0.3) is 11.8 Å². The van der Waals surface area contributed by atoms with Gasteiger partial charge in [-0.3, -0.25) is 9.59 Å². The third-order valence-corrected chi connectivity index (χ3v) is 8.06. The van der Waals surface area contributed by atoms with Gasteiger partial charge >= 0.3 is 0 Å². The van der Waals surface area contributed by atoms with Gasteiger partial charge in [0, 0.05) is 27.6 Å². The second-order valence-corrected chi connectivity index (χ2v) is 10.4. The van der Waals surface area contributed by atoms with Crippen LogP contribution in [0.3, 0.4) is 0 Å². The molecule has 0 radical (unpaired) electrons. The molecule has 6 nitrogen and oxygen atoms in total. The maximum absolute atomic E-state index is 13.6. The van der Waals surface area contributed by atoms with Gasteiger partial charge in [0.05, 0.1) is 5.56 Å². The van der Waals surface area contributed by atoms with Crippen molar-refractivity contribution in [2.45, 2.75) is 39.5 Å². The Kier molecular flexibility index (Phi) is 7.25. The summed E-state index contributed by atoms with van der Waals surface area (Å²) >= 11 is 1.67. The number of nitrogens with one attached hydrogen (secondary N) is 2. The Morgan fingerprint density at radius 3 is 2.24 bits per heavy atom. The van der Waals surface area contributed by atoms with E-state index in [1.165, 1.54) is 4.88 Å². The van der Waals surface area contributed by atoms with E-state index in [2.05, 4.69) is 15.2 Å². The van der Waals surface area contributed by atoms with E-state index in [9.17, 15) is 14.9 Å². The minimum Gasteiger partial charge on any atom is -0.322 e. The summed E-state index contributed by atoms with van der Waals surface area (Å²) in [6.07, 6.45) is 5.65. The van der Waals surface area contributed by atoms with Crippen molar-refractivity contribution in [2.75, 3.05) is 10.6 Å². The van der Waals surface area contributed by atoms with Gasteiger partial charge in [-0.1, -0.05) is 36.4 Å². The van der Waals surface area contributed by atoms with Crippen LogP contribution in [0.1, 0.15) is 50.6 Å². The van der Waals surface area contributed by atoms with Crippen LogP contribution in [0.25, 0.3) is 11.1 Å². The first-order valence-electron chi connectivity index (χ1n) is 12.6. The lowest BCUT2D eigenvalue weighted by atomic mass is 9.95. The van der Waals surface area contributed by atoms with Gasteiger partial charge in [0.15, 0.2) is 0 Å². The van der Waals surface area contributed by atoms with Crippen molar-refractivity contribution in [1.29, 1.82) is 5.26 Å². The molecule has 2 aromatic carbocycles. The number of aryl methyl sites for hydroxylation is 2. The van der Waals surface area contributed by atoms with Gasteiger partial charge < -0.3 is 15.2 Å².